The predicted octanol–water partition coefficient (Wildman–Crippen LogP) is 3.11. The van der Waals surface area contributed by atoms with Crippen molar-refractivity contribution in [1.82, 2.24) is 5.32 Å². The molecule has 0 aromatic carbocycles. The number of aliphatic hydroxyl groups is 4. The molecule has 3 saturated carbocycles. The second-order valence-electron chi connectivity index (χ2n) is 15.6. The highest BCUT2D eigenvalue weighted by atomic mass is 16.7. The van der Waals surface area contributed by atoms with Gasteiger partial charge in [0.15, 0.2) is 6.29 Å². The number of aliphatic hydroxyl groups excluding tert-OH is 4. The highest BCUT2D eigenvalue weighted by molar-refractivity contribution is 5.26. The van der Waals surface area contributed by atoms with Gasteiger partial charge in [-0.15, -0.1) is 0 Å². The van der Waals surface area contributed by atoms with Gasteiger partial charge in [0.2, 0.25) is 0 Å². The van der Waals surface area contributed by atoms with Crippen molar-refractivity contribution in [1.29, 1.82) is 0 Å². The molecule has 3 heterocycles. The van der Waals surface area contributed by atoms with Crippen molar-refractivity contribution < 1.29 is 34.6 Å². The molecule has 0 bridgehead atoms. The van der Waals surface area contributed by atoms with Crippen molar-refractivity contribution in [2.45, 2.75) is 134 Å². The minimum atomic E-state index is -1.41. The summed E-state index contributed by atoms with van der Waals surface area (Å²) in [6.07, 6.45) is 6.64. The molecule has 3 aliphatic heterocycles. The summed E-state index contributed by atoms with van der Waals surface area (Å²) in [4.78, 5) is 0. The number of ether oxygens (including phenoxy) is 3. The monoisotopic (exact) mass is 575 g/mol. The van der Waals surface area contributed by atoms with Crippen LogP contribution >= 0.6 is 0 Å². The van der Waals surface area contributed by atoms with Gasteiger partial charge >= 0.3 is 0 Å². The summed E-state index contributed by atoms with van der Waals surface area (Å²) in [6, 6.07) is 0. The molecule has 6 fully saturated rings. The van der Waals surface area contributed by atoms with Crippen molar-refractivity contribution in [3.8, 4) is 0 Å². The van der Waals surface area contributed by atoms with E-state index < -0.39 is 37.3 Å². The molecule has 7 rings (SSSR count). The van der Waals surface area contributed by atoms with E-state index in [0.29, 0.717) is 41.1 Å². The minimum absolute atomic E-state index is 0.113. The zero-order valence-electron chi connectivity index (χ0n) is 25.4. The van der Waals surface area contributed by atoms with E-state index in [9.17, 15) is 20.4 Å². The highest BCUT2D eigenvalue weighted by Crippen LogP contribution is 2.70. The van der Waals surface area contributed by atoms with Crippen LogP contribution in [0.2, 0.25) is 0 Å². The lowest BCUT2D eigenvalue weighted by Gasteiger charge is -2.59. The minimum Gasteiger partial charge on any atom is -0.394 e. The Kier molecular flexibility index (Phi) is 7.27. The van der Waals surface area contributed by atoms with E-state index in [4.69, 9.17) is 14.2 Å². The standard InChI is InChI=1S/C33H53NO7/c1-17-7-12-33(34-15-17)18(2)26-24(41-33)14-23-21-6-5-19-13-20(8-10-31(19,3)22(21)9-11-32(23,26)4)39-30-29(38)28(37)27(36)25(16-35)40-30/h5,17-18,20-30,34-38H,6-16H2,1-4H3/t17-,18+,20+,21-,22+,23+,24+,25-,26+,27-,28+,29-,30-,31+,32+,33+/m1/s1. The summed E-state index contributed by atoms with van der Waals surface area (Å²) in [6.45, 7) is 10.5. The largest absolute Gasteiger partial charge is 0.394 e. The van der Waals surface area contributed by atoms with Crippen molar-refractivity contribution >= 4 is 0 Å². The average Bonchev–Trinajstić information content (AvgIpc) is 3.40. The van der Waals surface area contributed by atoms with E-state index in [1.165, 1.54) is 31.3 Å². The number of nitrogens with one attached hydrogen (secondary N) is 1. The number of fused-ring (bicyclic) bond motifs is 7. The summed E-state index contributed by atoms with van der Waals surface area (Å²) in [5, 5.41) is 44.3. The Hall–Kier alpha value is -0.580. The number of hydrogen-bond donors (Lipinski definition) is 5. The van der Waals surface area contributed by atoms with Crippen LogP contribution in [0.1, 0.15) is 85.5 Å². The maximum Gasteiger partial charge on any atom is 0.186 e. The fourth-order valence-corrected chi connectivity index (χ4v) is 11.3. The molecule has 0 aromatic rings. The maximum atomic E-state index is 10.5. The van der Waals surface area contributed by atoms with Crippen molar-refractivity contribution in [3.63, 3.8) is 0 Å². The van der Waals surface area contributed by atoms with Gasteiger partial charge in [-0.25, -0.2) is 0 Å². The first-order valence-electron chi connectivity index (χ1n) is 16.6. The van der Waals surface area contributed by atoms with Gasteiger partial charge in [0.05, 0.1) is 18.8 Å². The van der Waals surface area contributed by atoms with E-state index >= 15 is 0 Å². The Balaban J connectivity index is 1.05. The molecule has 41 heavy (non-hydrogen) atoms. The van der Waals surface area contributed by atoms with Crippen LogP contribution in [-0.2, 0) is 14.2 Å². The van der Waals surface area contributed by atoms with Crippen molar-refractivity contribution in [2.75, 3.05) is 13.2 Å². The number of piperidine rings is 1. The topological polar surface area (TPSA) is 121 Å². The van der Waals surface area contributed by atoms with Crippen LogP contribution in [0.4, 0.5) is 0 Å². The van der Waals surface area contributed by atoms with E-state index in [1.807, 2.05) is 0 Å². The Morgan fingerprint density at radius 2 is 1.80 bits per heavy atom. The van der Waals surface area contributed by atoms with Gasteiger partial charge in [0.25, 0.3) is 0 Å². The van der Waals surface area contributed by atoms with Gasteiger partial charge in [0.1, 0.15) is 30.1 Å². The van der Waals surface area contributed by atoms with Gasteiger partial charge in [-0.2, -0.15) is 0 Å². The first-order chi connectivity index (χ1) is 19.5. The van der Waals surface area contributed by atoms with Crippen LogP contribution in [0.25, 0.3) is 0 Å². The molecule has 16 atom stereocenters. The van der Waals surface area contributed by atoms with Gasteiger partial charge in [-0.3, -0.25) is 5.32 Å². The molecular formula is C33H53NO7. The lowest BCUT2D eigenvalue weighted by Crippen LogP contribution is -2.60. The second-order valence-corrected chi connectivity index (χ2v) is 15.6. The fourth-order valence-electron chi connectivity index (χ4n) is 11.3. The molecular weight excluding hydrogens is 522 g/mol. The summed E-state index contributed by atoms with van der Waals surface area (Å²) in [5.41, 5.74) is 1.86. The SMILES string of the molecule is C[C@@H]1CC[C@]2(NC1)O[C@H]1C[C@H]3[C@@H]4CC=C5C[C@@H](O[C@@H]6O[C@H](CO)[C@@H](O)[C@H](O)[C@H]6O)CC[C@]5(C)[C@H]4CC[C@]3(C)[C@H]1[C@@H]2C. The van der Waals surface area contributed by atoms with E-state index in [2.05, 4.69) is 39.1 Å². The summed E-state index contributed by atoms with van der Waals surface area (Å²) in [5.74, 6) is 3.99. The van der Waals surface area contributed by atoms with Gasteiger partial charge < -0.3 is 34.6 Å². The number of rotatable bonds is 3. The second kappa shape index (κ2) is 10.2. The molecule has 8 heteroatoms. The Morgan fingerprint density at radius 3 is 2.54 bits per heavy atom. The first kappa shape index (κ1) is 29.1. The van der Waals surface area contributed by atoms with Crippen molar-refractivity contribution in [3.05, 3.63) is 11.6 Å². The first-order valence-corrected chi connectivity index (χ1v) is 16.6. The van der Waals surface area contributed by atoms with Gasteiger partial charge in [-0.1, -0.05) is 39.3 Å². The van der Waals surface area contributed by atoms with Gasteiger partial charge in [0, 0.05) is 12.5 Å². The highest BCUT2D eigenvalue weighted by Gasteiger charge is 2.68. The zero-order chi connectivity index (χ0) is 28.9. The van der Waals surface area contributed by atoms with Gasteiger partial charge in [-0.05, 0) is 98.2 Å². The molecule has 3 saturated heterocycles. The number of hydrogen-bond acceptors (Lipinski definition) is 8. The van der Waals surface area contributed by atoms with Crippen LogP contribution in [0.15, 0.2) is 11.6 Å². The molecule has 1 spiro atoms. The number of allylic oxidation sites excluding steroid dienone is 1. The van der Waals surface area contributed by atoms with Crippen LogP contribution in [0, 0.1) is 46.3 Å². The molecule has 4 aliphatic carbocycles. The molecule has 7 aliphatic rings. The molecule has 0 unspecified atom stereocenters. The summed E-state index contributed by atoms with van der Waals surface area (Å²) >= 11 is 0. The zero-order valence-corrected chi connectivity index (χ0v) is 25.4. The predicted molar refractivity (Wildman–Crippen MR) is 152 cm³/mol. The third kappa shape index (κ3) is 4.29. The third-order valence-electron chi connectivity index (χ3n) is 13.7. The van der Waals surface area contributed by atoms with Crippen LogP contribution in [-0.4, -0.2) is 82.2 Å². The van der Waals surface area contributed by atoms with E-state index in [0.717, 1.165) is 44.6 Å². The van der Waals surface area contributed by atoms with Crippen molar-refractivity contribution in [2.24, 2.45) is 46.3 Å². The Bertz CT molecular complexity index is 1030. The van der Waals surface area contributed by atoms with E-state index in [1.54, 1.807) is 0 Å². The summed E-state index contributed by atoms with van der Waals surface area (Å²) < 4.78 is 18.9. The molecule has 8 nitrogen and oxygen atoms in total. The summed E-state index contributed by atoms with van der Waals surface area (Å²) in [7, 11) is 0. The maximum absolute atomic E-state index is 10.5. The normalized spacial score (nSPS) is 58.3. The van der Waals surface area contributed by atoms with E-state index in [-0.39, 0.29) is 17.2 Å². The third-order valence-corrected chi connectivity index (χ3v) is 13.7. The lowest BCUT2D eigenvalue weighted by atomic mass is 9.47. The quantitative estimate of drug-likeness (QED) is 0.326. The molecule has 0 amide bonds. The van der Waals surface area contributed by atoms with Crippen LogP contribution in [0.3, 0.4) is 0 Å². The molecule has 232 valence electrons. The lowest BCUT2D eigenvalue weighted by molar-refractivity contribution is -0.313. The molecule has 0 radical (unpaired) electrons. The Morgan fingerprint density at radius 1 is 1.00 bits per heavy atom. The smallest absolute Gasteiger partial charge is 0.186 e. The molecule has 5 N–H and O–H groups in total. The average molecular weight is 576 g/mol. The fraction of sp³-hybridized carbons (Fsp3) is 0.939. The Labute approximate surface area is 245 Å². The van der Waals surface area contributed by atoms with Crippen LogP contribution in [0.5, 0.6) is 0 Å². The molecule has 0 aromatic heterocycles. The van der Waals surface area contributed by atoms with Crippen LogP contribution < -0.4 is 5.32 Å².